The molecule has 2 rings (SSSR count). The standard InChI is InChI=1S/C16H17N3O2/c1-12(19-17)13-7-9-15(10-8-13)21-11-16(20)18-14-5-3-2-4-6-14/h2-10H,11,17H2,1H3,(H,18,20)/b19-12-. The smallest absolute Gasteiger partial charge is 0.262 e. The minimum absolute atomic E-state index is 0.0435. The van der Waals surface area contributed by atoms with E-state index in [1.54, 1.807) is 12.1 Å². The Hall–Kier alpha value is -2.82. The SMILES string of the molecule is C/C(=N/N)c1ccc(OCC(=O)Nc2ccccc2)cc1. The highest BCUT2D eigenvalue weighted by Crippen LogP contribution is 2.13. The van der Waals surface area contributed by atoms with E-state index < -0.39 is 0 Å². The Morgan fingerprint density at radius 3 is 2.43 bits per heavy atom. The molecule has 1 amide bonds. The van der Waals surface area contributed by atoms with Crippen LogP contribution in [-0.4, -0.2) is 18.2 Å². The van der Waals surface area contributed by atoms with E-state index in [4.69, 9.17) is 10.6 Å². The van der Waals surface area contributed by atoms with Crippen molar-refractivity contribution in [1.82, 2.24) is 0 Å². The predicted octanol–water partition coefficient (Wildman–Crippen LogP) is 2.39. The summed E-state index contributed by atoms with van der Waals surface area (Å²) in [7, 11) is 0. The summed E-state index contributed by atoms with van der Waals surface area (Å²) < 4.78 is 5.43. The fraction of sp³-hybridized carbons (Fsp3) is 0.125. The number of rotatable bonds is 5. The maximum absolute atomic E-state index is 11.7. The number of amides is 1. The van der Waals surface area contributed by atoms with Gasteiger partial charge in [-0.3, -0.25) is 4.79 Å². The zero-order valence-electron chi connectivity index (χ0n) is 11.7. The number of carbonyl (C=O) groups is 1. The van der Waals surface area contributed by atoms with Crippen molar-refractivity contribution in [2.45, 2.75) is 6.92 Å². The zero-order chi connectivity index (χ0) is 15.1. The van der Waals surface area contributed by atoms with Crippen LogP contribution < -0.4 is 15.9 Å². The lowest BCUT2D eigenvalue weighted by atomic mass is 10.1. The first-order chi connectivity index (χ1) is 10.2. The Labute approximate surface area is 123 Å². The first-order valence-electron chi connectivity index (χ1n) is 6.51. The fourth-order valence-corrected chi connectivity index (χ4v) is 1.73. The molecule has 0 spiro atoms. The molecule has 0 aliphatic rings. The van der Waals surface area contributed by atoms with Gasteiger partial charge in [0.2, 0.25) is 0 Å². The lowest BCUT2D eigenvalue weighted by molar-refractivity contribution is -0.118. The first-order valence-corrected chi connectivity index (χ1v) is 6.51. The second kappa shape index (κ2) is 7.09. The number of nitrogens with zero attached hydrogens (tertiary/aromatic N) is 1. The molecular formula is C16H17N3O2. The highest BCUT2D eigenvalue weighted by Gasteiger charge is 2.04. The summed E-state index contributed by atoms with van der Waals surface area (Å²) in [5, 5.41) is 6.37. The third kappa shape index (κ3) is 4.35. The minimum atomic E-state index is -0.204. The van der Waals surface area contributed by atoms with Crippen molar-refractivity contribution in [2.75, 3.05) is 11.9 Å². The van der Waals surface area contributed by atoms with Crippen LogP contribution in [0.25, 0.3) is 0 Å². The molecule has 108 valence electrons. The van der Waals surface area contributed by atoms with Crippen molar-refractivity contribution in [1.29, 1.82) is 0 Å². The van der Waals surface area contributed by atoms with Gasteiger partial charge in [0.1, 0.15) is 5.75 Å². The van der Waals surface area contributed by atoms with Gasteiger partial charge in [-0.2, -0.15) is 5.10 Å². The topological polar surface area (TPSA) is 76.7 Å². The Morgan fingerprint density at radius 1 is 1.14 bits per heavy atom. The van der Waals surface area contributed by atoms with E-state index in [2.05, 4.69) is 10.4 Å². The number of nitrogens with two attached hydrogens (primary N) is 1. The molecule has 0 radical (unpaired) electrons. The van der Waals surface area contributed by atoms with E-state index in [0.717, 1.165) is 17.0 Å². The van der Waals surface area contributed by atoms with Crippen molar-refractivity contribution in [3.63, 3.8) is 0 Å². The quantitative estimate of drug-likeness (QED) is 0.502. The molecule has 3 N–H and O–H groups in total. The molecule has 0 heterocycles. The van der Waals surface area contributed by atoms with Crippen LogP contribution in [0.4, 0.5) is 5.69 Å². The van der Waals surface area contributed by atoms with Crippen LogP contribution in [0.3, 0.4) is 0 Å². The Balaban J connectivity index is 1.87. The van der Waals surface area contributed by atoms with E-state index in [0.29, 0.717) is 5.75 Å². The lowest BCUT2D eigenvalue weighted by Crippen LogP contribution is -2.20. The van der Waals surface area contributed by atoms with Gasteiger partial charge in [0.05, 0.1) is 5.71 Å². The summed E-state index contributed by atoms with van der Waals surface area (Å²) in [5.74, 6) is 5.63. The molecule has 5 nitrogen and oxygen atoms in total. The number of carbonyl (C=O) groups excluding carboxylic acids is 1. The van der Waals surface area contributed by atoms with E-state index in [9.17, 15) is 4.79 Å². The minimum Gasteiger partial charge on any atom is -0.484 e. The molecule has 0 aromatic heterocycles. The monoisotopic (exact) mass is 283 g/mol. The van der Waals surface area contributed by atoms with Crippen LogP contribution in [-0.2, 0) is 4.79 Å². The summed E-state index contributed by atoms with van der Waals surface area (Å²) in [6, 6.07) is 16.5. The number of nitrogens with one attached hydrogen (secondary N) is 1. The third-order valence-corrected chi connectivity index (χ3v) is 2.89. The van der Waals surface area contributed by atoms with Gasteiger partial charge in [-0.15, -0.1) is 0 Å². The van der Waals surface area contributed by atoms with Crippen LogP contribution in [0.5, 0.6) is 5.75 Å². The highest BCUT2D eigenvalue weighted by atomic mass is 16.5. The number of anilines is 1. The Kier molecular flexibility index (Phi) is 4.93. The van der Waals surface area contributed by atoms with Crippen LogP contribution in [0.2, 0.25) is 0 Å². The van der Waals surface area contributed by atoms with Crippen LogP contribution in [0, 0.1) is 0 Å². The van der Waals surface area contributed by atoms with Gasteiger partial charge in [-0.1, -0.05) is 18.2 Å². The van der Waals surface area contributed by atoms with Gasteiger partial charge in [-0.25, -0.2) is 0 Å². The molecule has 0 aliphatic carbocycles. The second-order valence-corrected chi connectivity index (χ2v) is 4.44. The van der Waals surface area contributed by atoms with Crippen molar-refractivity contribution in [3.05, 3.63) is 60.2 Å². The van der Waals surface area contributed by atoms with Gasteiger partial charge >= 0.3 is 0 Å². The molecule has 2 aromatic rings. The molecule has 2 aromatic carbocycles. The first kappa shape index (κ1) is 14.6. The van der Waals surface area contributed by atoms with Crippen molar-refractivity contribution in [2.24, 2.45) is 10.9 Å². The summed E-state index contributed by atoms with van der Waals surface area (Å²) in [4.78, 5) is 11.7. The number of benzene rings is 2. The van der Waals surface area contributed by atoms with Crippen LogP contribution in [0.1, 0.15) is 12.5 Å². The van der Waals surface area contributed by atoms with Crippen molar-refractivity contribution < 1.29 is 9.53 Å². The number of hydrazone groups is 1. The van der Waals surface area contributed by atoms with Gasteiger partial charge in [-0.05, 0) is 48.9 Å². The van der Waals surface area contributed by atoms with E-state index >= 15 is 0 Å². The summed E-state index contributed by atoms with van der Waals surface area (Å²) in [6.45, 7) is 1.78. The lowest BCUT2D eigenvalue weighted by Gasteiger charge is -2.08. The Morgan fingerprint density at radius 2 is 1.81 bits per heavy atom. The molecule has 0 fully saturated rings. The fourth-order valence-electron chi connectivity index (χ4n) is 1.73. The molecule has 0 unspecified atom stereocenters. The zero-order valence-corrected chi connectivity index (χ0v) is 11.7. The van der Waals surface area contributed by atoms with E-state index in [1.807, 2.05) is 49.4 Å². The summed E-state index contributed by atoms with van der Waals surface area (Å²) >= 11 is 0. The van der Waals surface area contributed by atoms with Crippen molar-refractivity contribution in [3.8, 4) is 5.75 Å². The molecule has 5 heteroatoms. The van der Waals surface area contributed by atoms with Crippen LogP contribution in [0.15, 0.2) is 59.7 Å². The molecule has 0 aliphatic heterocycles. The molecule has 0 saturated heterocycles. The second-order valence-electron chi connectivity index (χ2n) is 4.44. The number of hydrogen-bond donors (Lipinski definition) is 2. The molecule has 0 atom stereocenters. The number of ether oxygens (including phenoxy) is 1. The predicted molar refractivity (Wildman–Crippen MR) is 83.4 cm³/mol. The van der Waals surface area contributed by atoms with Gasteiger partial charge < -0.3 is 15.9 Å². The molecular weight excluding hydrogens is 266 g/mol. The van der Waals surface area contributed by atoms with E-state index in [-0.39, 0.29) is 12.5 Å². The number of para-hydroxylation sites is 1. The molecule has 0 bridgehead atoms. The average molecular weight is 283 g/mol. The maximum Gasteiger partial charge on any atom is 0.262 e. The maximum atomic E-state index is 11.7. The highest BCUT2D eigenvalue weighted by molar-refractivity contribution is 5.98. The van der Waals surface area contributed by atoms with Crippen LogP contribution >= 0.6 is 0 Å². The number of hydrogen-bond acceptors (Lipinski definition) is 4. The average Bonchev–Trinajstić information content (AvgIpc) is 2.53. The molecule has 21 heavy (non-hydrogen) atoms. The normalized spacial score (nSPS) is 11.0. The van der Waals surface area contributed by atoms with Gasteiger partial charge in [0.15, 0.2) is 6.61 Å². The third-order valence-electron chi connectivity index (χ3n) is 2.89. The Bertz CT molecular complexity index is 622. The van der Waals surface area contributed by atoms with Crippen molar-refractivity contribution >= 4 is 17.3 Å². The summed E-state index contributed by atoms with van der Waals surface area (Å²) in [6.07, 6.45) is 0. The van der Waals surface area contributed by atoms with E-state index in [1.165, 1.54) is 0 Å². The van der Waals surface area contributed by atoms with Gasteiger partial charge in [0.25, 0.3) is 5.91 Å². The largest absolute Gasteiger partial charge is 0.484 e. The summed E-state index contributed by atoms with van der Waals surface area (Å²) in [5.41, 5.74) is 2.40. The molecule has 0 saturated carbocycles. The van der Waals surface area contributed by atoms with Gasteiger partial charge in [0, 0.05) is 5.69 Å².